The SMILES string of the molecule is [CH2-]/C=C/C.[CH2-]/C=C/C.[CH2-]/C=C/C.[Mo+3]. The maximum Gasteiger partial charge on any atom is 3.00 e. The molecule has 0 heterocycles. The van der Waals surface area contributed by atoms with Gasteiger partial charge in [0.25, 0.3) is 0 Å². The van der Waals surface area contributed by atoms with Gasteiger partial charge in [-0.2, -0.15) is 0 Å². The Morgan fingerprint density at radius 3 is 0.692 bits per heavy atom. The van der Waals surface area contributed by atoms with Crippen LogP contribution >= 0.6 is 0 Å². The summed E-state index contributed by atoms with van der Waals surface area (Å²) in [6, 6.07) is 0. The van der Waals surface area contributed by atoms with Gasteiger partial charge in [0.1, 0.15) is 0 Å². The summed E-state index contributed by atoms with van der Waals surface area (Å²) in [6.45, 7) is 16.1. The molecule has 0 aromatic rings. The Labute approximate surface area is 99.1 Å². The first-order valence-electron chi connectivity index (χ1n) is 3.96. The third-order valence-corrected chi connectivity index (χ3v) is 0.707. The molecule has 0 saturated carbocycles. The van der Waals surface area contributed by atoms with Crippen LogP contribution in [0.1, 0.15) is 20.8 Å². The van der Waals surface area contributed by atoms with Crippen LogP contribution in [0.4, 0.5) is 0 Å². The zero-order valence-corrected chi connectivity index (χ0v) is 11.0. The van der Waals surface area contributed by atoms with Gasteiger partial charge >= 0.3 is 21.1 Å². The average Bonchev–Trinajstić information content (AvgIpc) is 2.18. The fourth-order valence-electron chi connectivity index (χ4n) is 0. The number of hydrogen-bond acceptors (Lipinski definition) is 0. The average molecular weight is 261 g/mol. The summed E-state index contributed by atoms with van der Waals surface area (Å²) in [6.07, 6.45) is 10.9. The van der Waals surface area contributed by atoms with E-state index in [1.165, 1.54) is 0 Å². The van der Waals surface area contributed by atoms with E-state index in [1.54, 1.807) is 18.2 Å². The van der Waals surface area contributed by atoms with E-state index in [-0.39, 0.29) is 21.1 Å². The van der Waals surface area contributed by atoms with Crippen LogP contribution in [0, 0.1) is 20.8 Å². The zero-order valence-electron chi connectivity index (χ0n) is 8.99. The Bertz CT molecular complexity index is 74.5. The van der Waals surface area contributed by atoms with E-state index in [0.717, 1.165) is 0 Å². The van der Waals surface area contributed by atoms with Crippen LogP contribution in [0.3, 0.4) is 0 Å². The first-order valence-corrected chi connectivity index (χ1v) is 3.96. The van der Waals surface area contributed by atoms with Gasteiger partial charge in [-0.25, -0.2) is 57.2 Å². The van der Waals surface area contributed by atoms with Crippen molar-refractivity contribution in [3.63, 3.8) is 0 Å². The minimum atomic E-state index is 0. The first kappa shape index (κ1) is 22.9. The maximum absolute atomic E-state index is 3.42. The molecular weight excluding hydrogens is 240 g/mol. The molecule has 0 atom stereocenters. The van der Waals surface area contributed by atoms with Crippen LogP contribution in [0.5, 0.6) is 0 Å². The summed E-state index contributed by atoms with van der Waals surface area (Å²) in [5.74, 6) is 0. The van der Waals surface area contributed by atoms with Crippen molar-refractivity contribution < 1.29 is 21.1 Å². The molecule has 0 unspecified atom stereocenters. The fraction of sp³-hybridized carbons (Fsp3) is 0.250. The Balaban J connectivity index is -0.0000000450. The number of allylic oxidation sites excluding steroid dienone is 6. The van der Waals surface area contributed by atoms with E-state index in [4.69, 9.17) is 0 Å². The van der Waals surface area contributed by atoms with E-state index in [1.807, 2.05) is 39.0 Å². The second-order valence-corrected chi connectivity index (χ2v) is 1.71. The van der Waals surface area contributed by atoms with Crippen LogP contribution < -0.4 is 0 Å². The molecule has 1 heteroatoms. The second kappa shape index (κ2) is 41.8. The topological polar surface area (TPSA) is 0 Å². The monoisotopic (exact) mass is 263 g/mol. The summed E-state index contributed by atoms with van der Waals surface area (Å²) in [5.41, 5.74) is 0. The molecule has 0 amide bonds. The van der Waals surface area contributed by atoms with Crippen molar-refractivity contribution in [2.75, 3.05) is 0 Å². The standard InChI is InChI=1S/3C4H7.Mo/c3*1-3-4-2;/h3*3-4H,1H2,2H3;/q3*-1;+3/b3*4-3+;. The Morgan fingerprint density at radius 2 is 0.692 bits per heavy atom. The van der Waals surface area contributed by atoms with Crippen molar-refractivity contribution in [1.82, 2.24) is 0 Å². The Kier molecular flexibility index (Phi) is 73.7. The molecule has 0 aromatic carbocycles. The molecule has 0 bridgehead atoms. The summed E-state index contributed by atoms with van der Waals surface area (Å²) in [5, 5.41) is 0. The molecule has 0 aliphatic carbocycles. The van der Waals surface area contributed by atoms with E-state index >= 15 is 0 Å². The van der Waals surface area contributed by atoms with Crippen molar-refractivity contribution in [1.29, 1.82) is 0 Å². The molecule has 0 saturated heterocycles. The predicted molar refractivity (Wildman–Crippen MR) is 60.5 cm³/mol. The zero-order chi connectivity index (χ0) is 10.2. The van der Waals surface area contributed by atoms with Gasteiger partial charge in [0, 0.05) is 0 Å². The summed E-state index contributed by atoms with van der Waals surface area (Å²) >= 11 is 0. The van der Waals surface area contributed by atoms with Crippen LogP contribution in [0.2, 0.25) is 0 Å². The van der Waals surface area contributed by atoms with Gasteiger partial charge in [-0.15, -0.1) is 20.8 Å². The first-order chi connectivity index (χ1) is 5.74. The van der Waals surface area contributed by atoms with Gasteiger partial charge in [-0.3, -0.25) is 0 Å². The van der Waals surface area contributed by atoms with Crippen molar-refractivity contribution in [3.05, 3.63) is 57.2 Å². The quantitative estimate of drug-likeness (QED) is 0.453. The molecule has 0 aliphatic heterocycles. The second-order valence-electron chi connectivity index (χ2n) is 1.71. The van der Waals surface area contributed by atoms with Crippen molar-refractivity contribution in [2.24, 2.45) is 0 Å². The maximum atomic E-state index is 3.42. The van der Waals surface area contributed by atoms with Crippen LogP contribution in [-0.2, 0) is 21.1 Å². The summed E-state index contributed by atoms with van der Waals surface area (Å²) in [7, 11) is 0. The van der Waals surface area contributed by atoms with E-state index in [9.17, 15) is 0 Å². The molecule has 0 nitrogen and oxygen atoms in total. The molecule has 0 aliphatic rings. The molecule has 13 heavy (non-hydrogen) atoms. The van der Waals surface area contributed by atoms with Crippen molar-refractivity contribution in [3.8, 4) is 0 Å². The predicted octanol–water partition coefficient (Wildman–Crippen LogP) is 4.19. The van der Waals surface area contributed by atoms with Crippen LogP contribution in [0.25, 0.3) is 0 Å². The van der Waals surface area contributed by atoms with Gasteiger partial charge in [0.05, 0.1) is 0 Å². The van der Waals surface area contributed by atoms with E-state index < -0.39 is 0 Å². The fourth-order valence-corrected chi connectivity index (χ4v) is 0. The minimum absolute atomic E-state index is 0. The molecule has 1 radical (unpaired) electrons. The molecule has 0 spiro atoms. The number of hydrogen-bond donors (Lipinski definition) is 0. The van der Waals surface area contributed by atoms with Gasteiger partial charge in [0.2, 0.25) is 0 Å². The van der Waals surface area contributed by atoms with E-state index in [0.29, 0.717) is 0 Å². The molecule has 0 fully saturated rings. The molecule has 0 aromatic heterocycles. The Morgan fingerprint density at radius 1 is 0.615 bits per heavy atom. The molecule has 75 valence electrons. The van der Waals surface area contributed by atoms with Crippen LogP contribution in [0.15, 0.2) is 36.5 Å². The van der Waals surface area contributed by atoms with Gasteiger partial charge in [-0.1, -0.05) is 0 Å². The third kappa shape index (κ3) is 165. The smallest absolute Gasteiger partial charge is 0.245 e. The molecular formula is C12H21Mo. The largest absolute Gasteiger partial charge is 3.00 e. The summed E-state index contributed by atoms with van der Waals surface area (Å²) < 4.78 is 0. The van der Waals surface area contributed by atoms with E-state index in [2.05, 4.69) is 20.8 Å². The molecule has 0 rings (SSSR count). The minimum Gasteiger partial charge on any atom is -0.245 e. The van der Waals surface area contributed by atoms with Crippen molar-refractivity contribution in [2.45, 2.75) is 20.8 Å². The summed E-state index contributed by atoms with van der Waals surface area (Å²) in [4.78, 5) is 0. The van der Waals surface area contributed by atoms with Crippen molar-refractivity contribution >= 4 is 0 Å². The Hall–Kier alpha value is -0.482. The van der Waals surface area contributed by atoms with Gasteiger partial charge < -0.3 is 0 Å². The van der Waals surface area contributed by atoms with Crippen LogP contribution in [-0.4, -0.2) is 0 Å². The normalized spacial score (nSPS) is 8.54. The van der Waals surface area contributed by atoms with Gasteiger partial charge in [0.15, 0.2) is 0 Å². The molecule has 0 N–H and O–H groups in total. The number of rotatable bonds is 0. The van der Waals surface area contributed by atoms with Gasteiger partial charge in [-0.05, 0) is 0 Å². The third-order valence-electron chi connectivity index (χ3n) is 0.707.